The van der Waals surface area contributed by atoms with E-state index in [1.54, 1.807) is 24.3 Å². The molecule has 1 amide bonds. The average Bonchev–Trinajstić information content (AvgIpc) is 2.45. The van der Waals surface area contributed by atoms with Gasteiger partial charge in [0.2, 0.25) is 0 Å². The first-order valence-electron chi connectivity index (χ1n) is 6.35. The largest absolute Gasteiger partial charge is 0.484 e. The number of hydrogen-bond donors (Lipinski definition) is 0. The van der Waals surface area contributed by atoms with Crippen LogP contribution in [0.15, 0.2) is 24.3 Å². The Morgan fingerprint density at radius 1 is 1.40 bits per heavy atom. The Morgan fingerprint density at radius 3 is 2.75 bits per heavy atom. The second kappa shape index (κ2) is 5.91. The van der Waals surface area contributed by atoms with Crippen LogP contribution in [0.3, 0.4) is 0 Å². The van der Waals surface area contributed by atoms with Crippen LogP contribution in [-0.2, 0) is 4.79 Å². The summed E-state index contributed by atoms with van der Waals surface area (Å²) in [5.74, 6) is 0.0256. The van der Waals surface area contributed by atoms with Gasteiger partial charge in [0.1, 0.15) is 5.75 Å². The molecule has 0 bridgehead atoms. The zero-order valence-electron chi connectivity index (χ0n) is 10.9. The molecule has 0 unspecified atom stereocenters. The van der Waals surface area contributed by atoms with E-state index in [2.05, 4.69) is 5.92 Å². The van der Waals surface area contributed by atoms with Crippen molar-refractivity contribution in [3.8, 4) is 18.1 Å². The lowest BCUT2D eigenvalue weighted by molar-refractivity contribution is -0.139. The van der Waals surface area contributed by atoms with Crippen molar-refractivity contribution in [3.63, 3.8) is 0 Å². The van der Waals surface area contributed by atoms with E-state index in [-0.39, 0.29) is 38.4 Å². The standard InChI is InChI=1S/C15H15F2NO2/c1-2-12-4-3-5-13(10-12)20-11-14(19)18-8-6-15(16,17)7-9-18/h1,3-5,10H,6-9,11H2. The molecule has 0 aromatic heterocycles. The van der Waals surface area contributed by atoms with E-state index < -0.39 is 5.92 Å². The first kappa shape index (κ1) is 14.3. The van der Waals surface area contributed by atoms with Gasteiger partial charge in [-0.05, 0) is 18.2 Å². The summed E-state index contributed by atoms with van der Waals surface area (Å²) in [7, 11) is 0. The Morgan fingerprint density at radius 2 is 2.10 bits per heavy atom. The lowest BCUT2D eigenvalue weighted by atomic mass is 10.1. The molecule has 0 N–H and O–H groups in total. The van der Waals surface area contributed by atoms with Crippen molar-refractivity contribution in [1.29, 1.82) is 0 Å². The van der Waals surface area contributed by atoms with Gasteiger partial charge in [-0.2, -0.15) is 0 Å². The van der Waals surface area contributed by atoms with Crippen molar-refractivity contribution in [1.82, 2.24) is 4.90 Å². The third-order valence-corrected chi connectivity index (χ3v) is 3.21. The molecule has 1 aromatic carbocycles. The quantitative estimate of drug-likeness (QED) is 0.795. The number of terminal acetylenes is 1. The second-order valence-corrected chi connectivity index (χ2v) is 4.70. The van der Waals surface area contributed by atoms with Crippen molar-refractivity contribution >= 4 is 5.91 Å². The Balaban J connectivity index is 1.85. The molecular weight excluding hydrogens is 264 g/mol. The summed E-state index contributed by atoms with van der Waals surface area (Å²) in [6.45, 7) is -0.0290. The summed E-state index contributed by atoms with van der Waals surface area (Å²) in [5.41, 5.74) is 0.660. The fourth-order valence-corrected chi connectivity index (χ4v) is 2.00. The molecule has 0 atom stereocenters. The van der Waals surface area contributed by atoms with Crippen LogP contribution >= 0.6 is 0 Å². The van der Waals surface area contributed by atoms with Gasteiger partial charge in [-0.25, -0.2) is 8.78 Å². The Bertz CT molecular complexity index is 527. The van der Waals surface area contributed by atoms with Crippen LogP contribution in [-0.4, -0.2) is 36.4 Å². The van der Waals surface area contributed by atoms with Crippen LogP contribution in [0.4, 0.5) is 8.78 Å². The first-order chi connectivity index (χ1) is 9.50. The molecule has 0 radical (unpaired) electrons. The molecule has 1 aromatic rings. The number of rotatable bonds is 3. The minimum Gasteiger partial charge on any atom is -0.484 e. The Kier molecular flexibility index (Phi) is 4.23. The van der Waals surface area contributed by atoms with E-state index in [0.717, 1.165) is 0 Å². The Labute approximate surface area is 116 Å². The number of piperidine rings is 1. The van der Waals surface area contributed by atoms with E-state index in [0.29, 0.717) is 11.3 Å². The van der Waals surface area contributed by atoms with Gasteiger partial charge >= 0.3 is 0 Å². The smallest absolute Gasteiger partial charge is 0.260 e. The van der Waals surface area contributed by atoms with Gasteiger partial charge in [-0.15, -0.1) is 6.42 Å². The summed E-state index contributed by atoms with van der Waals surface area (Å²) in [6.07, 6.45) is 4.69. The zero-order valence-corrected chi connectivity index (χ0v) is 10.9. The van der Waals surface area contributed by atoms with Crippen LogP contribution < -0.4 is 4.74 Å². The summed E-state index contributed by atoms with van der Waals surface area (Å²) in [5, 5.41) is 0. The van der Waals surface area contributed by atoms with Crippen LogP contribution in [0.25, 0.3) is 0 Å². The van der Waals surface area contributed by atoms with E-state index in [9.17, 15) is 13.6 Å². The highest BCUT2D eigenvalue weighted by Crippen LogP contribution is 2.27. The number of ether oxygens (including phenoxy) is 1. The summed E-state index contributed by atoms with van der Waals surface area (Å²) in [6, 6.07) is 6.83. The summed E-state index contributed by atoms with van der Waals surface area (Å²) >= 11 is 0. The number of nitrogens with zero attached hydrogens (tertiary/aromatic N) is 1. The van der Waals surface area contributed by atoms with Crippen molar-refractivity contribution in [2.75, 3.05) is 19.7 Å². The molecule has 1 aliphatic rings. The third-order valence-electron chi connectivity index (χ3n) is 3.21. The molecule has 0 saturated carbocycles. The molecule has 1 aliphatic heterocycles. The maximum atomic E-state index is 13.0. The van der Waals surface area contributed by atoms with Gasteiger partial charge in [0.05, 0.1) is 0 Å². The number of carbonyl (C=O) groups is 1. The van der Waals surface area contributed by atoms with Gasteiger partial charge in [-0.3, -0.25) is 4.79 Å². The summed E-state index contributed by atoms with van der Waals surface area (Å²) < 4.78 is 31.3. The fourth-order valence-electron chi connectivity index (χ4n) is 2.00. The minimum atomic E-state index is -2.65. The molecule has 2 rings (SSSR count). The van der Waals surface area contributed by atoms with E-state index in [1.807, 2.05) is 0 Å². The molecular formula is C15H15F2NO2. The number of alkyl halides is 2. The zero-order chi connectivity index (χ0) is 14.6. The second-order valence-electron chi connectivity index (χ2n) is 4.70. The molecule has 3 nitrogen and oxygen atoms in total. The normalized spacial score (nSPS) is 17.4. The number of carbonyl (C=O) groups excluding carboxylic acids is 1. The van der Waals surface area contributed by atoms with Crippen LogP contribution in [0.5, 0.6) is 5.75 Å². The molecule has 0 aliphatic carbocycles. The van der Waals surface area contributed by atoms with E-state index in [4.69, 9.17) is 11.2 Å². The molecule has 20 heavy (non-hydrogen) atoms. The van der Waals surface area contributed by atoms with Crippen molar-refractivity contribution in [2.45, 2.75) is 18.8 Å². The molecule has 5 heteroatoms. The van der Waals surface area contributed by atoms with E-state index >= 15 is 0 Å². The monoisotopic (exact) mass is 279 g/mol. The van der Waals surface area contributed by atoms with Gasteiger partial charge in [0.15, 0.2) is 6.61 Å². The van der Waals surface area contributed by atoms with Gasteiger partial charge in [0.25, 0.3) is 11.8 Å². The highest BCUT2D eigenvalue weighted by molar-refractivity contribution is 5.77. The summed E-state index contributed by atoms with van der Waals surface area (Å²) in [4.78, 5) is 13.3. The number of halogens is 2. The van der Waals surface area contributed by atoms with Gasteiger partial charge in [-0.1, -0.05) is 12.0 Å². The topological polar surface area (TPSA) is 29.5 Å². The lowest BCUT2D eigenvalue weighted by Gasteiger charge is -2.31. The number of likely N-dealkylation sites (tertiary alicyclic amines) is 1. The van der Waals surface area contributed by atoms with Crippen LogP contribution in [0, 0.1) is 12.3 Å². The van der Waals surface area contributed by atoms with Crippen molar-refractivity contribution in [3.05, 3.63) is 29.8 Å². The molecule has 1 fully saturated rings. The van der Waals surface area contributed by atoms with Gasteiger partial charge in [0, 0.05) is 31.5 Å². The van der Waals surface area contributed by atoms with E-state index in [1.165, 1.54) is 4.90 Å². The first-order valence-corrected chi connectivity index (χ1v) is 6.35. The lowest BCUT2D eigenvalue weighted by Crippen LogP contribution is -2.44. The highest BCUT2D eigenvalue weighted by atomic mass is 19.3. The maximum absolute atomic E-state index is 13.0. The van der Waals surface area contributed by atoms with Gasteiger partial charge < -0.3 is 9.64 Å². The molecule has 0 spiro atoms. The predicted octanol–water partition coefficient (Wildman–Crippen LogP) is 2.30. The highest BCUT2D eigenvalue weighted by Gasteiger charge is 2.35. The average molecular weight is 279 g/mol. The number of hydrogen-bond acceptors (Lipinski definition) is 2. The van der Waals surface area contributed by atoms with Crippen molar-refractivity contribution in [2.24, 2.45) is 0 Å². The van der Waals surface area contributed by atoms with Crippen LogP contribution in [0.1, 0.15) is 18.4 Å². The predicted molar refractivity (Wildman–Crippen MR) is 70.6 cm³/mol. The number of amides is 1. The van der Waals surface area contributed by atoms with Crippen molar-refractivity contribution < 1.29 is 18.3 Å². The number of benzene rings is 1. The molecule has 1 heterocycles. The fraction of sp³-hybridized carbons (Fsp3) is 0.400. The molecule has 1 saturated heterocycles. The SMILES string of the molecule is C#Cc1cccc(OCC(=O)N2CCC(F)(F)CC2)c1. The minimum absolute atomic E-state index is 0.0690. The molecule has 106 valence electrons. The Hall–Kier alpha value is -2.09. The van der Waals surface area contributed by atoms with Crippen LogP contribution in [0.2, 0.25) is 0 Å². The third kappa shape index (κ3) is 3.70. The maximum Gasteiger partial charge on any atom is 0.260 e.